The van der Waals surface area contributed by atoms with Crippen LogP contribution in [0.3, 0.4) is 0 Å². The minimum absolute atomic E-state index is 0.386. The van der Waals surface area contributed by atoms with Crippen LogP contribution >= 0.6 is 27.3 Å². The molecule has 1 N–H and O–H groups in total. The fourth-order valence-electron chi connectivity index (χ4n) is 2.16. The van der Waals surface area contributed by atoms with E-state index in [1.807, 2.05) is 18.4 Å². The van der Waals surface area contributed by atoms with Crippen LogP contribution in [0.1, 0.15) is 32.5 Å². The highest BCUT2D eigenvalue weighted by molar-refractivity contribution is 9.10. The zero-order valence-electron chi connectivity index (χ0n) is 11.9. The Balaban J connectivity index is 2.21. The third kappa shape index (κ3) is 3.47. The molecule has 0 aliphatic carbocycles. The van der Waals surface area contributed by atoms with Crippen LogP contribution in [0.25, 0.3) is 0 Å². The van der Waals surface area contributed by atoms with Crippen molar-refractivity contribution in [2.75, 3.05) is 7.05 Å². The maximum atomic E-state index is 3.60. The van der Waals surface area contributed by atoms with Gasteiger partial charge in [-0.2, -0.15) is 0 Å². The van der Waals surface area contributed by atoms with E-state index in [0.717, 1.165) is 6.42 Å². The minimum atomic E-state index is 0.386. The predicted octanol–water partition coefficient (Wildman–Crippen LogP) is 4.94. The van der Waals surface area contributed by atoms with Gasteiger partial charge in [-0.25, -0.2) is 0 Å². The van der Waals surface area contributed by atoms with Crippen LogP contribution in [-0.2, 0) is 6.42 Å². The normalized spacial score (nSPS) is 12.7. The molecule has 1 heterocycles. The number of halogens is 1. The van der Waals surface area contributed by atoms with E-state index in [9.17, 15) is 0 Å². The standard InChI is InChI=1S/C16H20BrNS/c1-10-5-6-13(7-11(10)2)8-15(18-4)16-9-14(17)12(3)19-16/h5-7,9,15,18H,8H2,1-4H3. The lowest BCUT2D eigenvalue weighted by Crippen LogP contribution is -2.17. The summed E-state index contributed by atoms with van der Waals surface area (Å²) in [5, 5.41) is 3.43. The average molecular weight is 338 g/mol. The number of hydrogen-bond donors (Lipinski definition) is 1. The number of aryl methyl sites for hydroxylation is 3. The minimum Gasteiger partial charge on any atom is -0.312 e. The van der Waals surface area contributed by atoms with Crippen molar-refractivity contribution < 1.29 is 0 Å². The molecule has 1 aromatic heterocycles. The lowest BCUT2D eigenvalue weighted by Gasteiger charge is -2.15. The van der Waals surface area contributed by atoms with Crippen LogP contribution in [0.2, 0.25) is 0 Å². The van der Waals surface area contributed by atoms with Gasteiger partial charge in [0.1, 0.15) is 0 Å². The SMILES string of the molecule is CNC(Cc1ccc(C)c(C)c1)c1cc(Br)c(C)s1. The maximum absolute atomic E-state index is 3.60. The Kier molecular flexibility index (Phi) is 4.82. The zero-order valence-corrected chi connectivity index (χ0v) is 14.3. The average Bonchev–Trinajstić information content (AvgIpc) is 2.71. The van der Waals surface area contributed by atoms with E-state index in [2.05, 4.69) is 66.3 Å². The molecule has 0 saturated carbocycles. The first-order valence-electron chi connectivity index (χ1n) is 6.50. The highest BCUT2D eigenvalue weighted by atomic mass is 79.9. The third-order valence-electron chi connectivity index (χ3n) is 3.58. The molecule has 2 rings (SSSR count). The Morgan fingerprint density at radius 3 is 2.42 bits per heavy atom. The first-order chi connectivity index (χ1) is 9.01. The predicted molar refractivity (Wildman–Crippen MR) is 88.2 cm³/mol. The van der Waals surface area contributed by atoms with E-state index in [4.69, 9.17) is 0 Å². The van der Waals surface area contributed by atoms with E-state index in [-0.39, 0.29) is 0 Å². The summed E-state index contributed by atoms with van der Waals surface area (Å²) in [7, 11) is 2.04. The van der Waals surface area contributed by atoms with Crippen LogP contribution in [0.15, 0.2) is 28.7 Å². The number of thiophene rings is 1. The molecular formula is C16H20BrNS. The summed E-state index contributed by atoms with van der Waals surface area (Å²) in [4.78, 5) is 2.74. The second-order valence-corrected chi connectivity index (χ2v) is 7.16. The smallest absolute Gasteiger partial charge is 0.0453 e. The first-order valence-corrected chi connectivity index (χ1v) is 8.11. The fourth-order valence-corrected chi connectivity index (χ4v) is 3.84. The van der Waals surface area contributed by atoms with Gasteiger partial charge in [-0.15, -0.1) is 11.3 Å². The molecule has 102 valence electrons. The van der Waals surface area contributed by atoms with Crippen molar-refractivity contribution in [3.63, 3.8) is 0 Å². The number of benzene rings is 1. The van der Waals surface area contributed by atoms with Crippen molar-refractivity contribution in [2.45, 2.75) is 33.2 Å². The summed E-state index contributed by atoms with van der Waals surface area (Å²) in [5.74, 6) is 0. The lowest BCUT2D eigenvalue weighted by molar-refractivity contribution is 0.602. The molecule has 1 aromatic carbocycles. The Labute approximate surface area is 128 Å². The summed E-state index contributed by atoms with van der Waals surface area (Å²) >= 11 is 5.47. The van der Waals surface area contributed by atoms with Gasteiger partial charge in [0.15, 0.2) is 0 Å². The second-order valence-electron chi connectivity index (χ2n) is 5.02. The van der Waals surface area contributed by atoms with Crippen molar-refractivity contribution in [1.82, 2.24) is 5.32 Å². The van der Waals surface area contributed by atoms with Gasteiger partial charge in [-0.05, 0) is 72.9 Å². The van der Waals surface area contributed by atoms with Gasteiger partial charge in [-0.3, -0.25) is 0 Å². The van der Waals surface area contributed by atoms with Gasteiger partial charge in [0, 0.05) is 20.3 Å². The van der Waals surface area contributed by atoms with Gasteiger partial charge in [0.05, 0.1) is 0 Å². The number of rotatable bonds is 4. The third-order valence-corrected chi connectivity index (χ3v) is 5.83. The molecule has 0 radical (unpaired) electrons. The first kappa shape index (κ1) is 14.8. The lowest BCUT2D eigenvalue weighted by atomic mass is 10.0. The summed E-state index contributed by atoms with van der Waals surface area (Å²) < 4.78 is 1.22. The van der Waals surface area contributed by atoms with E-state index in [1.165, 1.54) is 30.9 Å². The van der Waals surface area contributed by atoms with Crippen LogP contribution in [0, 0.1) is 20.8 Å². The van der Waals surface area contributed by atoms with Crippen LogP contribution in [-0.4, -0.2) is 7.05 Å². The van der Waals surface area contributed by atoms with Crippen molar-refractivity contribution >= 4 is 27.3 Å². The highest BCUT2D eigenvalue weighted by Gasteiger charge is 2.14. The van der Waals surface area contributed by atoms with Crippen molar-refractivity contribution in [3.8, 4) is 0 Å². The zero-order chi connectivity index (χ0) is 14.0. The summed E-state index contributed by atoms with van der Waals surface area (Å²) in [5.41, 5.74) is 4.12. The van der Waals surface area contributed by atoms with Crippen LogP contribution in [0.5, 0.6) is 0 Å². The highest BCUT2D eigenvalue weighted by Crippen LogP contribution is 2.32. The molecule has 0 bridgehead atoms. The van der Waals surface area contributed by atoms with Gasteiger partial charge in [0.25, 0.3) is 0 Å². The number of nitrogens with one attached hydrogen (secondary N) is 1. The molecule has 0 saturated heterocycles. The van der Waals surface area contributed by atoms with Crippen molar-refractivity contribution in [1.29, 1.82) is 0 Å². The van der Waals surface area contributed by atoms with Crippen molar-refractivity contribution in [3.05, 3.63) is 55.2 Å². The molecule has 1 nitrogen and oxygen atoms in total. The summed E-state index contributed by atoms with van der Waals surface area (Å²) in [6, 6.07) is 9.38. The molecule has 1 unspecified atom stereocenters. The van der Waals surface area contributed by atoms with Gasteiger partial charge >= 0.3 is 0 Å². The van der Waals surface area contributed by atoms with E-state index < -0.39 is 0 Å². The molecule has 0 fully saturated rings. The molecule has 1 atom stereocenters. The Bertz CT molecular complexity index is 555. The fraction of sp³-hybridized carbons (Fsp3) is 0.375. The van der Waals surface area contributed by atoms with E-state index in [1.54, 1.807) is 0 Å². The van der Waals surface area contributed by atoms with Crippen LogP contribution in [0.4, 0.5) is 0 Å². The Morgan fingerprint density at radius 1 is 1.16 bits per heavy atom. The van der Waals surface area contributed by atoms with Gasteiger partial charge < -0.3 is 5.32 Å². The van der Waals surface area contributed by atoms with Gasteiger partial charge in [-0.1, -0.05) is 18.2 Å². The Morgan fingerprint density at radius 2 is 1.89 bits per heavy atom. The molecule has 3 heteroatoms. The van der Waals surface area contributed by atoms with Crippen LogP contribution < -0.4 is 5.32 Å². The largest absolute Gasteiger partial charge is 0.312 e. The molecule has 0 aliphatic rings. The number of hydrogen-bond acceptors (Lipinski definition) is 2. The second kappa shape index (κ2) is 6.21. The molecule has 0 aliphatic heterocycles. The maximum Gasteiger partial charge on any atom is 0.0453 e. The molecule has 19 heavy (non-hydrogen) atoms. The number of likely N-dealkylation sites (N-methyl/N-ethyl adjacent to an activating group) is 1. The molecule has 2 aromatic rings. The quantitative estimate of drug-likeness (QED) is 0.833. The monoisotopic (exact) mass is 337 g/mol. The van der Waals surface area contributed by atoms with E-state index in [0.29, 0.717) is 6.04 Å². The summed E-state index contributed by atoms with van der Waals surface area (Å²) in [6.45, 7) is 6.49. The molecule has 0 spiro atoms. The van der Waals surface area contributed by atoms with Crippen molar-refractivity contribution in [2.24, 2.45) is 0 Å². The topological polar surface area (TPSA) is 12.0 Å². The van der Waals surface area contributed by atoms with Gasteiger partial charge in [0.2, 0.25) is 0 Å². The Hall–Kier alpha value is -0.640. The molecular weight excluding hydrogens is 318 g/mol. The van der Waals surface area contributed by atoms with E-state index >= 15 is 0 Å². The summed E-state index contributed by atoms with van der Waals surface area (Å²) in [6.07, 6.45) is 1.03. The molecule has 0 amide bonds.